The Morgan fingerprint density at radius 2 is 1.90 bits per heavy atom. The largest absolute Gasteiger partial charge is 0.487 e. The standard InChI is InChI=1S/C17H16Br2O/c1-17(2)10-12-9-11(7-8-15(12)20-17)16(19)13-5-3-4-6-14(13)18/h3-9,16H,10H2,1-2H3. The maximum Gasteiger partial charge on any atom is 0.123 e. The molecule has 0 spiro atoms. The van der Waals surface area contributed by atoms with Gasteiger partial charge in [-0.1, -0.05) is 62.2 Å². The van der Waals surface area contributed by atoms with Crippen LogP contribution in [0.5, 0.6) is 5.75 Å². The van der Waals surface area contributed by atoms with E-state index in [4.69, 9.17) is 4.74 Å². The number of fused-ring (bicyclic) bond motifs is 1. The maximum atomic E-state index is 5.93. The molecule has 0 saturated heterocycles. The van der Waals surface area contributed by atoms with Crippen LogP contribution in [0.3, 0.4) is 0 Å². The van der Waals surface area contributed by atoms with E-state index in [9.17, 15) is 0 Å². The summed E-state index contributed by atoms with van der Waals surface area (Å²) in [6.07, 6.45) is 0.964. The third kappa shape index (κ3) is 2.66. The number of benzene rings is 2. The molecule has 1 unspecified atom stereocenters. The highest BCUT2D eigenvalue weighted by Crippen LogP contribution is 2.40. The van der Waals surface area contributed by atoms with Gasteiger partial charge in [0.15, 0.2) is 0 Å². The minimum atomic E-state index is -0.0872. The first kappa shape index (κ1) is 14.2. The summed E-state index contributed by atoms with van der Waals surface area (Å²) < 4.78 is 7.06. The van der Waals surface area contributed by atoms with Gasteiger partial charge in [-0.25, -0.2) is 0 Å². The smallest absolute Gasteiger partial charge is 0.123 e. The molecule has 104 valence electrons. The van der Waals surface area contributed by atoms with Gasteiger partial charge in [-0.15, -0.1) is 0 Å². The molecule has 2 aromatic carbocycles. The quantitative estimate of drug-likeness (QED) is 0.597. The Hall–Kier alpha value is -0.800. The minimum Gasteiger partial charge on any atom is -0.487 e. The van der Waals surface area contributed by atoms with Crippen LogP contribution in [-0.4, -0.2) is 5.60 Å². The molecule has 20 heavy (non-hydrogen) atoms. The van der Waals surface area contributed by atoms with Crippen LogP contribution in [0.25, 0.3) is 0 Å². The molecule has 0 fully saturated rings. The lowest BCUT2D eigenvalue weighted by molar-refractivity contribution is 0.138. The van der Waals surface area contributed by atoms with Crippen molar-refractivity contribution in [2.24, 2.45) is 0 Å². The third-order valence-corrected chi connectivity index (χ3v) is 5.30. The lowest BCUT2D eigenvalue weighted by Gasteiger charge is -2.16. The van der Waals surface area contributed by atoms with E-state index in [0.29, 0.717) is 0 Å². The van der Waals surface area contributed by atoms with Crippen LogP contribution in [0, 0.1) is 0 Å². The van der Waals surface area contributed by atoms with Crippen LogP contribution in [0.4, 0.5) is 0 Å². The summed E-state index contributed by atoms with van der Waals surface area (Å²) in [7, 11) is 0. The number of hydrogen-bond acceptors (Lipinski definition) is 1. The Morgan fingerprint density at radius 1 is 1.15 bits per heavy atom. The predicted molar refractivity (Wildman–Crippen MR) is 89.8 cm³/mol. The normalized spacial score (nSPS) is 17.4. The highest BCUT2D eigenvalue weighted by molar-refractivity contribution is 9.11. The highest BCUT2D eigenvalue weighted by atomic mass is 79.9. The topological polar surface area (TPSA) is 9.23 Å². The fourth-order valence-electron chi connectivity index (χ4n) is 2.65. The van der Waals surface area contributed by atoms with Crippen LogP contribution in [0.1, 0.15) is 35.4 Å². The van der Waals surface area contributed by atoms with Gasteiger partial charge >= 0.3 is 0 Å². The van der Waals surface area contributed by atoms with Gasteiger partial charge in [0.25, 0.3) is 0 Å². The monoisotopic (exact) mass is 394 g/mol. The van der Waals surface area contributed by atoms with E-state index >= 15 is 0 Å². The first-order valence-electron chi connectivity index (χ1n) is 6.67. The van der Waals surface area contributed by atoms with Crippen LogP contribution in [0.15, 0.2) is 46.9 Å². The van der Waals surface area contributed by atoms with E-state index in [1.165, 1.54) is 16.7 Å². The van der Waals surface area contributed by atoms with E-state index in [1.807, 2.05) is 6.07 Å². The second kappa shape index (κ2) is 5.19. The molecule has 1 aliphatic heterocycles. The Labute approximate surface area is 136 Å². The molecule has 3 heteroatoms. The van der Waals surface area contributed by atoms with E-state index in [0.717, 1.165) is 16.6 Å². The molecule has 0 amide bonds. The van der Waals surface area contributed by atoms with Gasteiger partial charge in [-0.2, -0.15) is 0 Å². The first-order chi connectivity index (χ1) is 9.46. The summed E-state index contributed by atoms with van der Waals surface area (Å²) in [6.45, 7) is 4.26. The number of alkyl halides is 1. The number of hydrogen-bond donors (Lipinski definition) is 0. The van der Waals surface area contributed by atoms with Crippen LogP contribution >= 0.6 is 31.9 Å². The van der Waals surface area contributed by atoms with Crippen LogP contribution < -0.4 is 4.74 Å². The van der Waals surface area contributed by atoms with Crippen LogP contribution in [-0.2, 0) is 6.42 Å². The molecule has 0 saturated carbocycles. The van der Waals surface area contributed by atoms with E-state index in [-0.39, 0.29) is 10.4 Å². The van der Waals surface area contributed by atoms with Gasteiger partial charge < -0.3 is 4.74 Å². The highest BCUT2D eigenvalue weighted by Gasteiger charge is 2.30. The summed E-state index contributed by atoms with van der Waals surface area (Å²) >= 11 is 7.43. The Bertz CT molecular complexity index is 649. The zero-order valence-corrected chi connectivity index (χ0v) is 14.7. The average Bonchev–Trinajstić information content (AvgIpc) is 2.71. The van der Waals surface area contributed by atoms with Crippen molar-refractivity contribution in [3.8, 4) is 5.75 Å². The fraction of sp³-hybridized carbons (Fsp3) is 0.294. The summed E-state index contributed by atoms with van der Waals surface area (Å²) in [5.74, 6) is 1.02. The van der Waals surface area contributed by atoms with E-state index < -0.39 is 0 Å². The lowest BCUT2D eigenvalue weighted by Crippen LogP contribution is -2.24. The molecule has 0 N–H and O–H groups in total. The van der Waals surface area contributed by atoms with Crippen molar-refractivity contribution in [3.05, 3.63) is 63.6 Å². The second-order valence-electron chi connectivity index (χ2n) is 5.79. The zero-order chi connectivity index (χ0) is 14.3. The summed E-state index contributed by atoms with van der Waals surface area (Å²) in [5.41, 5.74) is 3.71. The van der Waals surface area contributed by atoms with Crippen molar-refractivity contribution in [1.82, 2.24) is 0 Å². The predicted octanol–water partition coefficient (Wildman–Crippen LogP) is 5.65. The second-order valence-corrected chi connectivity index (χ2v) is 7.56. The molecule has 3 rings (SSSR count). The molecule has 0 aromatic heterocycles. The first-order valence-corrected chi connectivity index (χ1v) is 8.37. The maximum absolute atomic E-state index is 5.93. The van der Waals surface area contributed by atoms with Crippen LogP contribution in [0.2, 0.25) is 0 Å². The summed E-state index contributed by atoms with van der Waals surface area (Å²) in [5, 5.41) is 0. The summed E-state index contributed by atoms with van der Waals surface area (Å²) in [6, 6.07) is 14.8. The molecule has 0 aliphatic carbocycles. The minimum absolute atomic E-state index is 0.0872. The van der Waals surface area contributed by atoms with Gasteiger partial charge in [0.05, 0.1) is 4.83 Å². The summed E-state index contributed by atoms with van der Waals surface area (Å²) in [4.78, 5) is 0.187. The molecule has 1 nitrogen and oxygen atoms in total. The Kier molecular flexibility index (Phi) is 3.67. The van der Waals surface area contributed by atoms with Gasteiger partial charge in [0.1, 0.15) is 11.4 Å². The molecule has 1 aliphatic rings. The van der Waals surface area contributed by atoms with Crippen molar-refractivity contribution in [2.75, 3.05) is 0 Å². The van der Waals surface area contributed by atoms with Gasteiger partial charge in [0.2, 0.25) is 0 Å². The molecule has 0 radical (unpaired) electrons. The molecular weight excluding hydrogens is 380 g/mol. The number of rotatable bonds is 2. The van der Waals surface area contributed by atoms with Gasteiger partial charge in [-0.05, 0) is 42.7 Å². The van der Waals surface area contributed by atoms with Gasteiger partial charge in [-0.3, -0.25) is 0 Å². The third-order valence-electron chi connectivity index (χ3n) is 3.56. The molecular formula is C17H16Br2O. The SMILES string of the molecule is CC1(C)Cc2cc(C(Br)c3ccccc3Br)ccc2O1. The van der Waals surface area contributed by atoms with Crippen molar-refractivity contribution >= 4 is 31.9 Å². The fourth-order valence-corrected chi connectivity index (χ4v) is 4.15. The van der Waals surface area contributed by atoms with Crippen molar-refractivity contribution in [1.29, 1.82) is 0 Å². The van der Waals surface area contributed by atoms with Crippen molar-refractivity contribution in [3.63, 3.8) is 0 Å². The Morgan fingerprint density at radius 3 is 2.65 bits per heavy atom. The van der Waals surface area contributed by atoms with Crippen molar-refractivity contribution < 1.29 is 4.74 Å². The Balaban J connectivity index is 1.95. The molecule has 0 bridgehead atoms. The van der Waals surface area contributed by atoms with E-state index in [1.54, 1.807) is 0 Å². The van der Waals surface area contributed by atoms with Crippen molar-refractivity contribution in [2.45, 2.75) is 30.7 Å². The average molecular weight is 396 g/mol. The molecule has 1 heterocycles. The number of halogens is 2. The lowest BCUT2D eigenvalue weighted by atomic mass is 9.98. The number of ether oxygens (including phenoxy) is 1. The molecule has 1 atom stereocenters. The van der Waals surface area contributed by atoms with Gasteiger partial charge in [0, 0.05) is 10.9 Å². The molecule has 2 aromatic rings. The zero-order valence-electron chi connectivity index (χ0n) is 11.5. The van der Waals surface area contributed by atoms with E-state index in [2.05, 4.69) is 82.1 Å².